The van der Waals surface area contributed by atoms with Gasteiger partial charge in [0.05, 0.1) is 6.54 Å². The normalized spacial score (nSPS) is 15.5. The third-order valence-electron chi connectivity index (χ3n) is 5.79. The van der Waals surface area contributed by atoms with Crippen LogP contribution >= 0.6 is 11.3 Å². The summed E-state index contributed by atoms with van der Waals surface area (Å²) in [5, 5.41) is 6.98. The Bertz CT molecular complexity index is 1250. The van der Waals surface area contributed by atoms with Crippen molar-refractivity contribution in [1.29, 1.82) is 0 Å². The molecule has 4 aromatic rings. The van der Waals surface area contributed by atoms with Crippen LogP contribution in [0.25, 0.3) is 16.5 Å². The maximum atomic E-state index is 13.5. The van der Waals surface area contributed by atoms with Gasteiger partial charge < -0.3 is 10.3 Å². The van der Waals surface area contributed by atoms with Crippen molar-refractivity contribution in [3.05, 3.63) is 94.3 Å². The number of rotatable bonds is 6. The van der Waals surface area contributed by atoms with Gasteiger partial charge in [0.15, 0.2) is 0 Å². The van der Waals surface area contributed by atoms with Crippen LogP contribution in [0, 0.1) is 5.82 Å². The lowest BCUT2D eigenvalue weighted by Crippen LogP contribution is -2.40. The summed E-state index contributed by atoms with van der Waals surface area (Å²) in [6.45, 7) is 1.82. The van der Waals surface area contributed by atoms with E-state index < -0.39 is 0 Å². The van der Waals surface area contributed by atoms with Gasteiger partial charge in [-0.15, -0.1) is 11.3 Å². The fourth-order valence-corrected chi connectivity index (χ4v) is 4.90. The number of halogens is 1. The minimum absolute atomic E-state index is 0.0199. The van der Waals surface area contributed by atoms with Crippen LogP contribution in [0.3, 0.4) is 0 Å². The smallest absolute Gasteiger partial charge is 0.235 e. The van der Waals surface area contributed by atoms with Crippen molar-refractivity contribution >= 4 is 33.7 Å². The molecule has 0 aliphatic carbocycles. The highest BCUT2D eigenvalue weighted by molar-refractivity contribution is 7.09. The van der Waals surface area contributed by atoms with Gasteiger partial charge in [0.25, 0.3) is 0 Å². The Hall–Kier alpha value is -3.29. The zero-order valence-electron chi connectivity index (χ0n) is 17.4. The van der Waals surface area contributed by atoms with Gasteiger partial charge in [-0.3, -0.25) is 9.69 Å². The lowest BCUT2D eigenvalue weighted by Gasteiger charge is -2.26. The summed E-state index contributed by atoms with van der Waals surface area (Å²) in [7, 11) is 0. The molecule has 0 fully saturated rings. The molecule has 32 heavy (non-hydrogen) atoms. The van der Waals surface area contributed by atoms with Crippen molar-refractivity contribution in [2.75, 3.05) is 19.6 Å². The van der Waals surface area contributed by atoms with Gasteiger partial charge in [-0.2, -0.15) is 0 Å². The molecule has 1 atom stereocenters. The van der Waals surface area contributed by atoms with E-state index in [0.29, 0.717) is 13.1 Å². The molecule has 1 amide bonds. The van der Waals surface area contributed by atoms with E-state index in [2.05, 4.69) is 26.3 Å². The minimum atomic E-state index is -0.244. The molecule has 2 N–H and O–H groups in total. The molecule has 0 saturated carbocycles. The molecule has 0 spiro atoms. The average molecular weight is 447 g/mol. The molecule has 2 aromatic heterocycles. The lowest BCUT2D eigenvalue weighted by molar-refractivity contribution is -0.122. The molecule has 0 radical (unpaired) electrons. The first-order valence-corrected chi connectivity index (χ1v) is 11.5. The number of hydrogen-bond acceptors (Lipinski definition) is 4. The maximum absolute atomic E-state index is 13.5. The van der Waals surface area contributed by atoms with Crippen molar-refractivity contribution in [2.24, 2.45) is 0 Å². The number of fused-ring (bicyclic) bond motifs is 1. The average Bonchev–Trinajstić information content (AvgIpc) is 3.49. The fourth-order valence-electron chi connectivity index (χ4n) is 4.18. The van der Waals surface area contributed by atoms with E-state index in [0.717, 1.165) is 40.0 Å². The molecule has 0 saturated heterocycles. The Morgan fingerprint density at radius 2 is 2.12 bits per heavy atom. The molecule has 2 aromatic carbocycles. The largest absolute Gasteiger partial charge is 0.360 e. The van der Waals surface area contributed by atoms with Gasteiger partial charge >= 0.3 is 0 Å². The highest BCUT2D eigenvalue weighted by atomic mass is 32.1. The van der Waals surface area contributed by atoms with Crippen LogP contribution in [0.1, 0.15) is 28.6 Å². The van der Waals surface area contributed by atoms with E-state index in [1.165, 1.54) is 29.0 Å². The Labute approximate surface area is 189 Å². The molecule has 5 rings (SSSR count). The minimum Gasteiger partial charge on any atom is -0.360 e. The number of amides is 1. The second-order valence-electron chi connectivity index (χ2n) is 7.89. The quantitative estimate of drug-likeness (QED) is 0.449. The monoisotopic (exact) mass is 446 g/mol. The number of thiazole rings is 1. The van der Waals surface area contributed by atoms with Crippen molar-refractivity contribution in [1.82, 2.24) is 20.2 Å². The third kappa shape index (κ3) is 4.35. The standard InChI is InChI=1S/C25H23FN4OS/c26-19-6-7-20-21(15-28-22(20)14-19)17-8-11-30(12-9-17)16-23(31)29-24(25-27-10-13-32-25)18-4-2-1-3-5-18/h1-8,10,13-15,24,28H,9,11-12,16H2,(H,29,31). The van der Waals surface area contributed by atoms with Gasteiger partial charge in [0.1, 0.15) is 16.9 Å². The number of nitrogens with one attached hydrogen (secondary N) is 2. The zero-order chi connectivity index (χ0) is 21.9. The first-order chi connectivity index (χ1) is 15.7. The van der Waals surface area contributed by atoms with Gasteiger partial charge in [-0.05, 0) is 35.8 Å². The number of aromatic amines is 1. The zero-order valence-corrected chi connectivity index (χ0v) is 18.2. The third-order valence-corrected chi connectivity index (χ3v) is 6.63. The lowest BCUT2D eigenvalue weighted by atomic mass is 9.99. The molecule has 5 nitrogen and oxygen atoms in total. The predicted octanol–water partition coefficient (Wildman–Crippen LogP) is 4.76. The topological polar surface area (TPSA) is 61.0 Å². The molecule has 162 valence electrons. The molecule has 7 heteroatoms. The van der Waals surface area contributed by atoms with Crippen molar-refractivity contribution in [3.63, 3.8) is 0 Å². The summed E-state index contributed by atoms with van der Waals surface area (Å²) in [6, 6.07) is 14.5. The molecule has 3 heterocycles. The Morgan fingerprint density at radius 1 is 1.25 bits per heavy atom. The second kappa shape index (κ2) is 9.06. The summed E-state index contributed by atoms with van der Waals surface area (Å²) in [5.74, 6) is -0.263. The Morgan fingerprint density at radius 3 is 2.88 bits per heavy atom. The highest BCUT2D eigenvalue weighted by Gasteiger charge is 2.22. The fraction of sp³-hybridized carbons (Fsp3) is 0.200. The molecular weight excluding hydrogens is 423 g/mol. The van der Waals surface area contributed by atoms with E-state index in [1.807, 2.05) is 48.0 Å². The first-order valence-electron chi connectivity index (χ1n) is 10.6. The molecule has 1 aliphatic heterocycles. The van der Waals surface area contributed by atoms with Crippen LogP contribution in [-0.4, -0.2) is 40.4 Å². The van der Waals surface area contributed by atoms with Gasteiger partial charge in [0.2, 0.25) is 5.91 Å². The number of hydrogen-bond donors (Lipinski definition) is 2. The van der Waals surface area contributed by atoms with Crippen LogP contribution in [0.4, 0.5) is 4.39 Å². The summed E-state index contributed by atoms with van der Waals surface area (Å²) in [5.41, 5.74) is 4.16. The Balaban J connectivity index is 1.25. The van der Waals surface area contributed by atoms with E-state index in [1.54, 1.807) is 6.20 Å². The number of H-pyrrole nitrogens is 1. The van der Waals surface area contributed by atoms with E-state index in [4.69, 9.17) is 0 Å². The number of nitrogens with zero attached hydrogens (tertiary/aromatic N) is 2. The van der Waals surface area contributed by atoms with Crippen LogP contribution in [0.2, 0.25) is 0 Å². The van der Waals surface area contributed by atoms with Crippen molar-refractivity contribution in [2.45, 2.75) is 12.5 Å². The van der Waals surface area contributed by atoms with Gasteiger partial charge in [-0.1, -0.05) is 36.4 Å². The highest BCUT2D eigenvalue weighted by Crippen LogP contribution is 2.30. The number of benzene rings is 2. The number of aromatic nitrogens is 2. The van der Waals surface area contributed by atoms with Crippen LogP contribution < -0.4 is 5.32 Å². The molecule has 0 bridgehead atoms. The van der Waals surface area contributed by atoms with Gasteiger partial charge in [-0.25, -0.2) is 9.37 Å². The number of carbonyl (C=O) groups excluding carboxylic acids is 1. The van der Waals surface area contributed by atoms with Crippen LogP contribution in [-0.2, 0) is 4.79 Å². The molecule has 1 aliphatic rings. The second-order valence-corrected chi connectivity index (χ2v) is 8.81. The van der Waals surface area contributed by atoms with E-state index >= 15 is 0 Å². The SMILES string of the molecule is O=C(CN1CC=C(c2c[nH]c3cc(F)ccc23)CC1)NC(c1ccccc1)c1nccs1. The van der Waals surface area contributed by atoms with E-state index in [-0.39, 0.29) is 17.8 Å². The summed E-state index contributed by atoms with van der Waals surface area (Å²) in [4.78, 5) is 22.6. The summed E-state index contributed by atoms with van der Waals surface area (Å²) in [6.07, 6.45) is 6.71. The van der Waals surface area contributed by atoms with Crippen LogP contribution in [0.5, 0.6) is 0 Å². The molecule has 1 unspecified atom stereocenters. The van der Waals surface area contributed by atoms with Crippen molar-refractivity contribution < 1.29 is 9.18 Å². The maximum Gasteiger partial charge on any atom is 0.235 e. The van der Waals surface area contributed by atoms with E-state index in [9.17, 15) is 9.18 Å². The van der Waals surface area contributed by atoms with Crippen LogP contribution in [0.15, 0.2) is 72.4 Å². The Kier molecular flexibility index (Phi) is 5.83. The summed E-state index contributed by atoms with van der Waals surface area (Å²) >= 11 is 1.54. The summed E-state index contributed by atoms with van der Waals surface area (Å²) < 4.78 is 13.5. The van der Waals surface area contributed by atoms with Gasteiger partial charge in [0, 0.05) is 47.3 Å². The molecular formula is C25H23FN4OS. The predicted molar refractivity (Wildman–Crippen MR) is 126 cm³/mol. The van der Waals surface area contributed by atoms with Crippen molar-refractivity contribution in [3.8, 4) is 0 Å². The first kappa shape index (κ1) is 20.6. The number of carbonyl (C=O) groups is 1.